The monoisotopic (exact) mass is 303 g/mol. The lowest BCUT2D eigenvalue weighted by atomic mass is 9.98. The first-order valence-corrected chi connectivity index (χ1v) is 9.43. The molecule has 6 heteroatoms. The van der Waals surface area contributed by atoms with E-state index >= 15 is 0 Å². The summed E-state index contributed by atoms with van der Waals surface area (Å²) < 4.78 is 29.1. The number of hydrogen-bond donors (Lipinski definition) is 2. The molecule has 1 saturated heterocycles. The minimum Gasteiger partial charge on any atom is -0.317 e. The van der Waals surface area contributed by atoms with Crippen molar-refractivity contribution in [2.24, 2.45) is 11.8 Å². The van der Waals surface area contributed by atoms with Gasteiger partial charge in [-0.25, -0.2) is 0 Å². The minimum atomic E-state index is -3.28. The highest BCUT2D eigenvalue weighted by molar-refractivity contribution is 7.87. The van der Waals surface area contributed by atoms with E-state index in [9.17, 15) is 8.42 Å². The van der Waals surface area contributed by atoms with E-state index in [0.717, 1.165) is 38.3 Å². The maximum absolute atomic E-state index is 12.3. The van der Waals surface area contributed by atoms with Gasteiger partial charge in [-0.05, 0) is 51.1 Å². The van der Waals surface area contributed by atoms with Gasteiger partial charge in [-0.15, -0.1) is 0 Å². The molecule has 0 aromatic heterocycles. The zero-order chi connectivity index (χ0) is 14.6. The summed E-state index contributed by atoms with van der Waals surface area (Å²) in [6, 6.07) is 0.0620. The number of nitrogens with one attached hydrogen (secondary N) is 2. The average Bonchev–Trinajstić information content (AvgIpc) is 3.20. The summed E-state index contributed by atoms with van der Waals surface area (Å²) in [5.74, 6) is 1.36. The second-order valence-corrected chi connectivity index (χ2v) is 8.06. The summed E-state index contributed by atoms with van der Waals surface area (Å²) in [5.41, 5.74) is 0. The van der Waals surface area contributed by atoms with Crippen molar-refractivity contribution in [2.45, 2.75) is 52.0 Å². The Labute approximate surface area is 123 Å². The third kappa shape index (κ3) is 4.98. The highest BCUT2D eigenvalue weighted by Gasteiger charge is 2.30. The predicted molar refractivity (Wildman–Crippen MR) is 81.7 cm³/mol. The van der Waals surface area contributed by atoms with Crippen LogP contribution in [0.25, 0.3) is 0 Å². The lowest BCUT2D eigenvalue weighted by Crippen LogP contribution is -2.48. The fraction of sp³-hybridized carbons (Fsp3) is 1.00. The van der Waals surface area contributed by atoms with Crippen LogP contribution in [0.3, 0.4) is 0 Å². The van der Waals surface area contributed by atoms with Crippen LogP contribution < -0.4 is 10.0 Å². The molecule has 1 heterocycles. The second kappa shape index (κ2) is 7.20. The van der Waals surface area contributed by atoms with E-state index in [-0.39, 0.29) is 6.04 Å². The molecule has 1 aliphatic heterocycles. The number of rotatable bonds is 8. The molecule has 0 aromatic rings. The van der Waals surface area contributed by atoms with Crippen LogP contribution in [0.1, 0.15) is 46.0 Å². The van der Waals surface area contributed by atoms with E-state index in [0.29, 0.717) is 19.0 Å². The van der Waals surface area contributed by atoms with Crippen molar-refractivity contribution in [1.82, 2.24) is 14.3 Å². The van der Waals surface area contributed by atoms with Gasteiger partial charge >= 0.3 is 0 Å². The lowest BCUT2D eigenvalue weighted by Gasteiger charge is -2.32. The van der Waals surface area contributed by atoms with Gasteiger partial charge < -0.3 is 5.32 Å². The van der Waals surface area contributed by atoms with Gasteiger partial charge in [0.05, 0.1) is 0 Å². The van der Waals surface area contributed by atoms with Crippen molar-refractivity contribution in [3.8, 4) is 0 Å². The van der Waals surface area contributed by atoms with E-state index in [1.54, 1.807) is 4.31 Å². The van der Waals surface area contributed by atoms with E-state index in [1.165, 1.54) is 12.8 Å². The Balaban J connectivity index is 1.75. The second-order valence-electron chi connectivity index (χ2n) is 6.35. The summed E-state index contributed by atoms with van der Waals surface area (Å²) in [5, 5.41) is 3.35. The van der Waals surface area contributed by atoms with Gasteiger partial charge in [0.1, 0.15) is 0 Å². The summed E-state index contributed by atoms with van der Waals surface area (Å²) in [6.07, 6.45) is 5.44. The quantitative estimate of drug-likeness (QED) is 0.711. The van der Waals surface area contributed by atoms with Crippen molar-refractivity contribution >= 4 is 10.2 Å². The SMILES string of the molecule is CCNCC1CCN(S(=O)(=O)NC(C)CC2CC2)CC1. The molecule has 2 fully saturated rings. The molecule has 0 radical (unpaired) electrons. The molecule has 2 N–H and O–H groups in total. The van der Waals surface area contributed by atoms with Crippen LogP contribution in [0.15, 0.2) is 0 Å². The molecule has 118 valence electrons. The number of nitrogens with zero attached hydrogens (tertiary/aromatic N) is 1. The Morgan fingerprint density at radius 1 is 1.15 bits per heavy atom. The van der Waals surface area contributed by atoms with Crippen LogP contribution in [0.4, 0.5) is 0 Å². The van der Waals surface area contributed by atoms with Crippen molar-refractivity contribution in [1.29, 1.82) is 0 Å². The number of piperidine rings is 1. The zero-order valence-corrected chi connectivity index (χ0v) is 13.6. The van der Waals surface area contributed by atoms with Crippen LogP contribution in [-0.4, -0.2) is 44.9 Å². The molecule has 1 saturated carbocycles. The van der Waals surface area contributed by atoms with Crippen LogP contribution >= 0.6 is 0 Å². The van der Waals surface area contributed by atoms with E-state index in [2.05, 4.69) is 17.0 Å². The van der Waals surface area contributed by atoms with E-state index in [4.69, 9.17) is 0 Å². The average molecular weight is 303 g/mol. The molecular formula is C14H29N3O2S. The fourth-order valence-electron chi connectivity index (χ4n) is 2.93. The summed E-state index contributed by atoms with van der Waals surface area (Å²) in [6.45, 7) is 7.39. The fourth-order valence-corrected chi connectivity index (χ4v) is 4.38. The first-order valence-electron chi connectivity index (χ1n) is 7.99. The largest absolute Gasteiger partial charge is 0.317 e. The highest BCUT2D eigenvalue weighted by atomic mass is 32.2. The topological polar surface area (TPSA) is 61.4 Å². The van der Waals surface area contributed by atoms with Crippen molar-refractivity contribution in [3.05, 3.63) is 0 Å². The molecular weight excluding hydrogens is 274 g/mol. The Morgan fingerprint density at radius 3 is 2.35 bits per heavy atom. The van der Waals surface area contributed by atoms with Gasteiger partial charge in [-0.3, -0.25) is 0 Å². The minimum absolute atomic E-state index is 0.0620. The molecule has 2 rings (SSSR count). The van der Waals surface area contributed by atoms with Crippen molar-refractivity contribution in [2.75, 3.05) is 26.2 Å². The molecule has 1 unspecified atom stereocenters. The van der Waals surface area contributed by atoms with Gasteiger partial charge in [0.15, 0.2) is 0 Å². The standard InChI is InChI=1S/C14H29N3O2S/c1-3-15-11-14-6-8-17(9-7-14)20(18,19)16-12(2)10-13-4-5-13/h12-16H,3-11H2,1-2H3. The van der Waals surface area contributed by atoms with Crippen LogP contribution in [0.5, 0.6) is 0 Å². The zero-order valence-electron chi connectivity index (χ0n) is 12.8. The molecule has 0 bridgehead atoms. The van der Waals surface area contributed by atoms with Crippen LogP contribution in [0, 0.1) is 11.8 Å². The third-order valence-corrected chi connectivity index (χ3v) is 6.08. The third-order valence-electron chi connectivity index (χ3n) is 4.33. The Bertz CT molecular complexity index is 387. The van der Waals surface area contributed by atoms with Crippen molar-refractivity contribution < 1.29 is 8.42 Å². The van der Waals surface area contributed by atoms with Gasteiger partial charge in [0.2, 0.25) is 0 Å². The number of hydrogen-bond acceptors (Lipinski definition) is 3. The van der Waals surface area contributed by atoms with Gasteiger partial charge in [0, 0.05) is 19.1 Å². The smallest absolute Gasteiger partial charge is 0.279 e. The van der Waals surface area contributed by atoms with Crippen LogP contribution in [0.2, 0.25) is 0 Å². The van der Waals surface area contributed by atoms with Gasteiger partial charge in [-0.1, -0.05) is 19.8 Å². The molecule has 1 atom stereocenters. The van der Waals surface area contributed by atoms with Gasteiger partial charge in [-0.2, -0.15) is 17.4 Å². The summed E-state index contributed by atoms with van der Waals surface area (Å²) in [4.78, 5) is 0. The normalized spacial score (nSPS) is 23.9. The highest BCUT2D eigenvalue weighted by Crippen LogP contribution is 2.33. The van der Waals surface area contributed by atoms with Gasteiger partial charge in [0.25, 0.3) is 10.2 Å². The molecule has 0 spiro atoms. The molecule has 0 amide bonds. The maximum atomic E-state index is 12.3. The summed E-state index contributed by atoms with van der Waals surface area (Å²) in [7, 11) is -3.28. The predicted octanol–water partition coefficient (Wildman–Crippen LogP) is 1.33. The Kier molecular flexibility index (Phi) is 5.84. The first kappa shape index (κ1) is 16.2. The molecule has 20 heavy (non-hydrogen) atoms. The maximum Gasteiger partial charge on any atom is 0.279 e. The lowest BCUT2D eigenvalue weighted by molar-refractivity contribution is 0.264. The Morgan fingerprint density at radius 2 is 1.80 bits per heavy atom. The summed E-state index contributed by atoms with van der Waals surface area (Å²) >= 11 is 0. The first-order chi connectivity index (χ1) is 9.51. The van der Waals surface area contributed by atoms with E-state index in [1.807, 2.05) is 6.92 Å². The Hall–Kier alpha value is -0.170. The molecule has 5 nitrogen and oxygen atoms in total. The molecule has 2 aliphatic rings. The van der Waals surface area contributed by atoms with E-state index < -0.39 is 10.2 Å². The van der Waals surface area contributed by atoms with Crippen molar-refractivity contribution in [3.63, 3.8) is 0 Å². The molecule has 1 aliphatic carbocycles. The molecule has 0 aromatic carbocycles. The van der Waals surface area contributed by atoms with Crippen LogP contribution in [-0.2, 0) is 10.2 Å².